The van der Waals surface area contributed by atoms with Crippen LogP contribution in [0.1, 0.15) is 89.1 Å². The fourth-order valence-electron chi connectivity index (χ4n) is 5.68. The number of hydrogen-bond acceptors (Lipinski definition) is 6. The van der Waals surface area contributed by atoms with E-state index in [1.807, 2.05) is 71.1 Å². The third kappa shape index (κ3) is 10.4. The highest BCUT2D eigenvalue weighted by molar-refractivity contribution is 7.99. The monoisotopic (exact) mass is 744 g/mol. The molecule has 2 fully saturated rings. The number of rotatable bonds is 7. The van der Waals surface area contributed by atoms with Gasteiger partial charge in [0.05, 0.1) is 43.9 Å². The highest BCUT2D eigenvalue weighted by Crippen LogP contribution is 2.38. The molecule has 1 unspecified atom stereocenters. The number of alkyl halides is 3. The van der Waals surface area contributed by atoms with E-state index in [0.717, 1.165) is 54.0 Å². The molecule has 1 aliphatic carbocycles. The van der Waals surface area contributed by atoms with Gasteiger partial charge in [0.1, 0.15) is 0 Å². The summed E-state index contributed by atoms with van der Waals surface area (Å²) in [6, 6.07) is 7.55. The molecular weight excluding hydrogens is 696 g/mol. The number of carbonyl (C=O) groups excluding carboxylic acids is 2. The van der Waals surface area contributed by atoms with E-state index in [1.54, 1.807) is 18.2 Å². The molecule has 0 radical (unpaired) electrons. The first-order valence-corrected chi connectivity index (χ1v) is 18.6. The number of nitrogens with two attached hydrogens (primary N) is 1. The maximum atomic E-state index is 12.3. The lowest BCUT2D eigenvalue weighted by Gasteiger charge is -2.27. The molecule has 5 rings (SSSR count). The summed E-state index contributed by atoms with van der Waals surface area (Å²) in [5.41, 5.74) is 9.13. The summed E-state index contributed by atoms with van der Waals surface area (Å²) in [6.45, 7) is 9.82. The van der Waals surface area contributed by atoms with Gasteiger partial charge in [0.15, 0.2) is 0 Å². The molecule has 2 aliphatic rings. The molecule has 14 heteroatoms. The molecule has 0 bridgehead atoms. The molecule has 272 valence electrons. The lowest BCUT2D eigenvalue weighted by atomic mass is 9.89. The van der Waals surface area contributed by atoms with Crippen LogP contribution in [-0.2, 0) is 18.4 Å². The summed E-state index contributed by atoms with van der Waals surface area (Å²) >= 11 is 15.1. The number of nitrogens with one attached hydrogen (secondary N) is 2. The number of hydrogen-bond donors (Lipinski definition) is 3. The third-order valence-corrected chi connectivity index (χ3v) is 10.6. The van der Waals surface area contributed by atoms with Gasteiger partial charge in [-0.2, -0.15) is 24.9 Å². The Hall–Kier alpha value is -2.83. The van der Waals surface area contributed by atoms with Crippen LogP contribution < -0.4 is 21.3 Å². The molecule has 3 aromatic rings. The van der Waals surface area contributed by atoms with Crippen LogP contribution in [0.2, 0.25) is 10.0 Å². The largest absolute Gasteiger partial charge is 0.391 e. The van der Waals surface area contributed by atoms with Crippen molar-refractivity contribution in [1.29, 1.82) is 0 Å². The van der Waals surface area contributed by atoms with E-state index in [0.29, 0.717) is 51.6 Å². The first-order valence-electron chi connectivity index (χ1n) is 16.7. The average Bonchev–Trinajstić information content (AvgIpc) is 3.70. The number of aryl methyl sites for hydroxylation is 1. The van der Waals surface area contributed by atoms with Gasteiger partial charge in [0.25, 0.3) is 5.91 Å². The summed E-state index contributed by atoms with van der Waals surface area (Å²) in [5.74, 6) is 1.04. The number of benzene rings is 2. The quantitative estimate of drug-likeness (QED) is 0.223. The molecule has 2 amide bonds. The zero-order valence-electron chi connectivity index (χ0n) is 29.4. The molecule has 49 heavy (non-hydrogen) atoms. The fraction of sp³-hybridized carbons (Fsp3) is 0.571. The third-order valence-electron chi connectivity index (χ3n) is 8.69. The van der Waals surface area contributed by atoms with Crippen LogP contribution in [-0.4, -0.2) is 52.1 Å². The van der Waals surface area contributed by atoms with E-state index in [9.17, 15) is 22.8 Å². The van der Waals surface area contributed by atoms with E-state index in [2.05, 4.69) is 15.5 Å². The maximum absolute atomic E-state index is 12.3. The van der Waals surface area contributed by atoms with Crippen LogP contribution in [0.4, 0.5) is 30.5 Å². The Morgan fingerprint density at radius 2 is 1.73 bits per heavy atom. The Morgan fingerprint density at radius 1 is 1.08 bits per heavy atom. The number of halogens is 5. The van der Waals surface area contributed by atoms with Crippen molar-refractivity contribution in [3.8, 4) is 0 Å². The molecule has 1 atom stereocenters. The molecule has 2 aromatic carbocycles. The van der Waals surface area contributed by atoms with E-state index in [4.69, 9.17) is 33.9 Å². The number of aromatic nitrogens is 2. The van der Waals surface area contributed by atoms with E-state index in [-0.39, 0.29) is 12.5 Å². The number of fused-ring (bicyclic) bond motifs is 1. The van der Waals surface area contributed by atoms with Gasteiger partial charge in [0, 0.05) is 37.8 Å². The van der Waals surface area contributed by atoms with E-state index < -0.39 is 23.4 Å². The molecule has 4 N–H and O–H groups in total. The predicted molar refractivity (Wildman–Crippen MR) is 198 cm³/mol. The van der Waals surface area contributed by atoms with Gasteiger partial charge < -0.3 is 25.8 Å². The number of nitrogens with zero attached hydrogens (tertiary/aromatic N) is 3. The van der Waals surface area contributed by atoms with Gasteiger partial charge in [-0.25, -0.2) is 4.98 Å². The van der Waals surface area contributed by atoms with Gasteiger partial charge in [-0.1, -0.05) is 83.1 Å². The van der Waals surface area contributed by atoms with Crippen molar-refractivity contribution in [3.05, 3.63) is 45.4 Å². The normalized spacial score (nSPS) is 16.7. The second kappa shape index (κ2) is 17.4. The van der Waals surface area contributed by atoms with Gasteiger partial charge in [0.2, 0.25) is 11.9 Å². The smallest absolute Gasteiger partial charge is 0.370 e. The van der Waals surface area contributed by atoms with Crippen molar-refractivity contribution in [2.45, 2.75) is 91.9 Å². The van der Waals surface area contributed by atoms with Crippen molar-refractivity contribution in [2.75, 3.05) is 28.8 Å². The van der Waals surface area contributed by atoms with Crippen LogP contribution in [0.3, 0.4) is 0 Å². The van der Waals surface area contributed by atoms with Crippen LogP contribution in [0.15, 0.2) is 24.3 Å². The number of thioether (sulfide) groups is 1. The Kier molecular flexibility index (Phi) is 14.4. The Labute approximate surface area is 302 Å². The second-order valence-electron chi connectivity index (χ2n) is 13.2. The second-order valence-corrected chi connectivity index (χ2v) is 15.1. The lowest BCUT2D eigenvalue weighted by molar-refractivity contribution is -0.181. The summed E-state index contributed by atoms with van der Waals surface area (Å²) < 4.78 is 37.7. The standard InChI is InChI=1S/C26H32Cl2N6O2S.C7H11F3.C2H6/c1-26(2,3)24(36)30-12-14-6-7-17(27)22(21(14)28)32-25-31-18-10-16(23(29)35)19(11-20(18)34(25)5)33(4)15-8-9-37-13-15;8-7(9,10)6-4-2-1-3-5-6;1-2/h6-7,10-11,15H,8-9,12-13H2,1-5H3,(H2,29,35)(H,30,36)(H,31,32);6H,1-5H2;1-2H3. The van der Waals surface area contributed by atoms with Crippen LogP contribution in [0.5, 0.6) is 0 Å². The number of amides is 2. The SMILES string of the molecule is CC.CN(c1cc2c(cc1C(N)=O)nc(Nc1c(Cl)ccc(CNC(=O)C(C)(C)C)c1Cl)n2C)C1CCSC1.FC(F)(F)C1CCCCC1. The highest BCUT2D eigenvalue weighted by atomic mass is 35.5. The van der Waals surface area contributed by atoms with Gasteiger partial charge in [-0.05, 0) is 48.8 Å². The van der Waals surface area contributed by atoms with Crippen molar-refractivity contribution >= 4 is 75.1 Å². The topological polar surface area (TPSA) is 105 Å². The highest BCUT2D eigenvalue weighted by Gasteiger charge is 2.39. The lowest BCUT2D eigenvalue weighted by Crippen LogP contribution is -2.34. The van der Waals surface area contributed by atoms with Crippen LogP contribution in [0.25, 0.3) is 11.0 Å². The Bertz CT molecular complexity index is 1600. The first kappa shape index (κ1) is 40.6. The molecule has 8 nitrogen and oxygen atoms in total. The van der Waals surface area contributed by atoms with Crippen molar-refractivity contribution in [1.82, 2.24) is 14.9 Å². The number of imidazole rings is 1. The minimum Gasteiger partial charge on any atom is -0.370 e. The van der Waals surface area contributed by atoms with Crippen molar-refractivity contribution in [2.24, 2.45) is 24.1 Å². The zero-order chi connectivity index (χ0) is 36.7. The Morgan fingerprint density at radius 3 is 2.27 bits per heavy atom. The minimum absolute atomic E-state index is 0.0781. The molecule has 1 aliphatic heterocycles. The van der Waals surface area contributed by atoms with E-state index >= 15 is 0 Å². The minimum atomic E-state index is -3.93. The summed E-state index contributed by atoms with van der Waals surface area (Å²) in [4.78, 5) is 31.5. The Balaban J connectivity index is 0.000000460. The summed E-state index contributed by atoms with van der Waals surface area (Å²) in [7, 11) is 3.88. The summed E-state index contributed by atoms with van der Waals surface area (Å²) in [5, 5.41) is 6.98. The molecule has 2 heterocycles. The molecular formula is C35H49Cl2F3N6O2S. The number of primary amides is 1. The van der Waals surface area contributed by atoms with Gasteiger partial charge >= 0.3 is 6.18 Å². The van der Waals surface area contributed by atoms with Crippen LogP contribution >= 0.6 is 35.0 Å². The number of anilines is 3. The van der Waals surface area contributed by atoms with Gasteiger partial charge in [-0.3, -0.25) is 9.59 Å². The number of carbonyl (C=O) groups is 2. The predicted octanol–water partition coefficient (Wildman–Crippen LogP) is 9.48. The van der Waals surface area contributed by atoms with Crippen LogP contribution in [0, 0.1) is 11.3 Å². The molecule has 0 spiro atoms. The van der Waals surface area contributed by atoms with Crippen molar-refractivity contribution < 1.29 is 22.8 Å². The molecule has 1 saturated heterocycles. The molecule has 1 saturated carbocycles. The van der Waals surface area contributed by atoms with E-state index in [1.165, 1.54) is 0 Å². The molecule has 1 aromatic heterocycles. The van der Waals surface area contributed by atoms with Crippen molar-refractivity contribution in [3.63, 3.8) is 0 Å². The zero-order valence-corrected chi connectivity index (χ0v) is 31.7. The van der Waals surface area contributed by atoms with Gasteiger partial charge in [-0.15, -0.1) is 0 Å². The fourth-order valence-corrected chi connectivity index (χ4v) is 7.48. The average molecular weight is 746 g/mol. The maximum Gasteiger partial charge on any atom is 0.391 e. The first-order chi connectivity index (χ1) is 23.0. The summed E-state index contributed by atoms with van der Waals surface area (Å²) in [6.07, 6.45) is 0.313.